The number of hydrogen-bond acceptors (Lipinski definition) is 3. The minimum Gasteiger partial charge on any atom is -0.481 e. The van der Waals surface area contributed by atoms with E-state index in [2.05, 4.69) is 0 Å². The van der Waals surface area contributed by atoms with E-state index in [9.17, 15) is 9.59 Å². The Kier molecular flexibility index (Phi) is 6.91. The lowest BCUT2D eigenvalue weighted by Gasteiger charge is -2.31. The van der Waals surface area contributed by atoms with Crippen LogP contribution < -0.4 is 0 Å². The summed E-state index contributed by atoms with van der Waals surface area (Å²) in [5.41, 5.74) is 0.995. The second-order valence-electron chi connectivity index (χ2n) is 6.11. The van der Waals surface area contributed by atoms with Crippen LogP contribution in [0.4, 0.5) is 4.79 Å². The van der Waals surface area contributed by atoms with Gasteiger partial charge >= 0.3 is 12.1 Å². The standard InChI is InChI=1S/C18H25NO4/c20-17(21)9-5-4-6-15-10-12-19(13-11-15)18(22)23-14-16-7-2-1-3-8-16/h1-3,7-8,15H,4-6,9-14H2,(H,20,21). The van der Waals surface area contributed by atoms with Gasteiger partial charge in [0.15, 0.2) is 0 Å². The van der Waals surface area contributed by atoms with E-state index in [1.54, 1.807) is 4.90 Å². The van der Waals surface area contributed by atoms with Gasteiger partial charge in [0.1, 0.15) is 6.61 Å². The molecule has 1 saturated heterocycles. The van der Waals surface area contributed by atoms with Crippen LogP contribution in [0.3, 0.4) is 0 Å². The molecular formula is C18H25NO4. The smallest absolute Gasteiger partial charge is 0.410 e. The zero-order valence-electron chi connectivity index (χ0n) is 13.4. The first kappa shape index (κ1) is 17.3. The van der Waals surface area contributed by atoms with Crippen molar-refractivity contribution in [1.29, 1.82) is 0 Å². The predicted octanol–water partition coefficient (Wildman–Crippen LogP) is 3.68. The molecular weight excluding hydrogens is 294 g/mol. The highest BCUT2D eigenvalue weighted by atomic mass is 16.6. The topological polar surface area (TPSA) is 66.8 Å². The SMILES string of the molecule is O=C(O)CCCCC1CCN(C(=O)OCc2ccccc2)CC1. The summed E-state index contributed by atoms with van der Waals surface area (Å²) in [5, 5.41) is 8.62. The summed E-state index contributed by atoms with van der Waals surface area (Å²) in [4.78, 5) is 24.3. The van der Waals surface area contributed by atoms with Gasteiger partial charge in [0.2, 0.25) is 0 Å². The largest absolute Gasteiger partial charge is 0.481 e. The number of unbranched alkanes of at least 4 members (excludes halogenated alkanes) is 1. The highest BCUT2D eigenvalue weighted by Gasteiger charge is 2.23. The monoisotopic (exact) mass is 319 g/mol. The minimum absolute atomic E-state index is 0.238. The van der Waals surface area contributed by atoms with E-state index in [4.69, 9.17) is 9.84 Å². The molecule has 5 nitrogen and oxygen atoms in total. The molecule has 1 N–H and O–H groups in total. The second-order valence-corrected chi connectivity index (χ2v) is 6.11. The van der Waals surface area contributed by atoms with Crippen LogP contribution >= 0.6 is 0 Å². The third kappa shape index (κ3) is 6.30. The molecule has 0 bridgehead atoms. The van der Waals surface area contributed by atoms with Crippen LogP contribution in [-0.2, 0) is 16.1 Å². The van der Waals surface area contributed by atoms with Gasteiger partial charge in [0.25, 0.3) is 0 Å². The number of ether oxygens (including phenoxy) is 1. The van der Waals surface area contributed by atoms with Crippen LogP contribution in [0.5, 0.6) is 0 Å². The van der Waals surface area contributed by atoms with E-state index in [1.807, 2.05) is 30.3 Å². The van der Waals surface area contributed by atoms with Gasteiger partial charge in [0.05, 0.1) is 0 Å². The van der Waals surface area contributed by atoms with Crippen LogP contribution in [0.25, 0.3) is 0 Å². The molecule has 23 heavy (non-hydrogen) atoms. The average molecular weight is 319 g/mol. The normalized spacial score (nSPS) is 15.4. The van der Waals surface area contributed by atoms with Crippen LogP contribution in [0.1, 0.15) is 44.1 Å². The Morgan fingerprint density at radius 1 is 1.13 bits per heavy atom. The van der Waals surface area contributed by atoms with Crippen molar-refractivity contribution in [3.8, 4) is 0 Å². The Labute approximate surface area is 137 Å². The molecule has 1 fully saturated rings. The van der Waals surface area contributed by atoms with Gasteiger partial charge in [-0.2, -0.15) is 0 Å². The number of piperidine rings is 1. The van der Waals surface area contributed by atoms with Crippen molar-refractivity contribution in [2.75, 3.05) is 13.1 Å². The summed E-state index contributed by atoms with van der Waals surface area (Å²) in [6, 6.07) is 9.68. The fourth-order valence-electron chi connectivity index (χ4n) is 2.92. The number of nitrogens with zero attached hydrogens (tertiary/aromatic N) is 1. The quantitative estimate of drug-likeness (QED) is 0.779. The van der Waals surface area contributed by atoms with Crippen molar-refractivity contribution in [3.63, 3.8) is 0 Å². The Morgan fingerprint density at radius 3 is 2.48 bits per heavy atom. The molecule has 1 aromatic rings. The number of rotatable bonds is 7. The van der Waals surface area contributed by atoms with Crippen molar-refractivity contribution in [2.45, 2.75) is 45.1 Å². The molecule has 0 unspecified atom stereocenters. The van der Waals surface area contributed by atoms with Gasteiger partial charge in [-0.1, -0.05) is 43.2 Å². The maximum Gasteiger partial charge on any atom is 0.410 e. The lowest BCUT2D eigenvalue weighted by molar-refractivity contribution is -0.137. The average Bonchev–Trinajstić information content (AvgIpc) is 2.58. The number of likely N-dealkylation sites (tertiary alicyclic amines) is 1. The molecule has 5 heteroatoms. The number of carboxylic acid groups (broad SMARTS) is 1. The highest BCUT2D eigenvalue weighted by molar-refractivity contribution is 5.67. The number of carbonyl (C=O) groups is 2. The molecule has 1 aromatic carbocycles. The number of aliphatic carboxylic acids is 1. The molecule has 2 rings (SSSR count). The molecule has 1 amide bonds. The number of hydrogen-bond donors (Lipinski definition) is 1. The van der Waals surface area contributed by atoms with Crippen molar-refractivity contribution in [1.82, 2.24) is 4.90 Å². The number of benzene rings is 1. The molecule has 1 aliphatic heterocycles. The molecule has 126 valence electrons. The Hall–Kier alpha value is -2.04. The van der Waals surface area contributed by atoms with E-state index in [0.29, 0.717) is 12.5 Å². The first-order valence-electron chi connectivity index (χ1n) is 8.32. The summed E-state index contributed by atoms with van der Waals surface area (Å²) in [6.45, 7) is 1.78. The van der Waals surface area contributed by atoms with Crippen molar-refractivity contribution >= 4 is 12.1 Å². The van der Waals surface area contributed by atoms with E-state index in [1.165, 1.54) is 0 Å². The van der Waals surface area contributed by atoms with Gasteiger partial charge in [-0.05, 0) is 30.7 Å². The zero-order valence-corrected chi connectivity index (χ0v) is 13.4. The Morgan fingerprint density at radius 2 is 1.83 bits per heavy atom. The molecule has 1 aliphatic rings. The fraction of sp³-hybridized carbons (Fsp3) is 0.556. The van der Waals surface area contributed by atoms with Crippen molar-refractivity contribution in [3.05, 3.63) is 35.9 Å². The van der Waals surface area contributed by atoms with Gasteiger partial charge < -0.3 is 14.7 Å². The van der Waals surface area contributed by atoms with Crippen molar-refractivity contribution < 1.29 is 19.4 Å². The first-order valence-corrected chi connectivity index (χ1v) is 8.32. The molecule has 0 saturated carbocycles. The maximum absolute atomic E-state index is 12.1. The van der Waals surface area contributed by atoms with Crippen LogP contribution in [0, 0.1) is 5.92 Å². The summed E-state index contributed by atoms with van der Waals surface area (Å²) >= 11 is 0. The highest BCUT2D eigenvalue weighted by Crippen LogP contribution is 2.23. The lowest BCUT2D eigenvalue weighted by atomic mass is 9.91. The van der Waals surface area contributed by atoms with Crippen LogP contribution in [0.2, 0.25) is 0 Å². The third-order valence-electron chi connectivity index (χ3n) is 4.33. The minimum atomic E-state index is -0.721. The lowest BCUT2D eigenvalue weighted by Crippen LogP contribution is -2.38. The molecule has 0 atom stereocenters. The Balaban J connectivity index is 1.61. The van der Waals surface area contributed by atoms with Gasteiger partial charge in [0, 0.05) is 19.5 Å². The van der Waals surface area contributed by atoms with E-state index >= 15 is 0 Å². The first-order chi connectivity index (χ1) is 11.1. The van der Waals surface area contributed by atoms with E-state index < -0.39 is 5.97 Å². The van der Waals surface area contributed by atoms with Crippen LogP contribution in [0.15, 0.2) is 30.3 Å². The maximum atomic E-state index is 12.1. The van der Waals surface area contributed by atoms with Gasteiger partial charge in [-0.25, -0.2) is 4.79 Å². The van der Waals surface area contributed by atoms with Crippen molar-refractivity contribution in [2.24, 2.45) is 5.92 Å². The fourth-order valence-corrected chi connectivity index (χ4v) is 2.92. The van der Waals surface area contributed by atoms with E-state index in [-0.39, 0.29) is 12.5 Å². The molecule has 0 spiro atoms. The molecule has 1 heterocycles. The molecule has 0 radical (unpaired) electrons. The number of amides is 1. The third-order valence-corrected chi connectivity index (χ3v) is 4.33. The molecule has 0 aliphatic carbocycles. The number of carbonyl (C=O) groups excluding carboxylic acids is 1. The van der Waals surface area contributed by atoms with Gasteiger partial charge in [-0.3, -0.25) is 4.79 Å². The summed E-state index contributed by atoms with van der Waals surface area (Å²) < 4.78 is 5.35. The van der Waals surface area contributed by atoms with Crippen LogP contribution in [-0.4, -0.2) is 35.2 Å². The summed E-state index contributed by atoms with van der Waals surface area (Å²) in [6.07, 6.45) is 4.73. The predicted molar refractivity (Wildman–Crippen MR) is 87.0 cm³/mol. The second kappa shape index (κ2) is 9.18. The molecule has 0 aromatic heterocycles. The zero-order chi connectivity index (χ0) is 16.5. The summed E-state index contributed by atoms with van der Waals surface area (Å²) in [5.74, 6) is -0.122. The summed E-state index contributed by atoms with van der Waals surface area (Å²) in [7, 11) is 0. The van der Waals surface area contributed by atoms with E-state index in [0.717, 1.165) is 50.8 Å². The Bertz CT molecular complexity index is 495. The van der Waals surface area contributed by atoms with Gasteiger partial charge in [-0.15, -0.1) is 0 Å². The number of carboxylic acids is 1.